The van der Waals surface area contributed by atoms with E-state index < -0.39 is 11.9 Å². The molecule has 6 heteroatoms. The SMILES string of the molecule is Cc1csc(C(=O)c2ccc3n2CCC3C(=O)[O-])c1.[Na+]. The van der Waals surface area contributed by atoms with Crippen LogP contribution in [0.1, 0.15) is 39.0 Å². The van der Waals surface area contributed by atoms with Gasteiger partial charge in [0.1, 0.15) is 0 Å². The number of carboxylic acids is 1. The van der Waals surface area contributed by atoms with Gasteiger partial charge < -0.3 is 14.5 Å². The number of nitrogens with zero attached hydrogens (tertiary/aromatic N) is 1. The molecule has 1 atom stereocenters. The molecule has 20 heavy (non-hydrogen) atoms. The second kappa shape index (κ2) is 5.85. The van der Waals surface area contributed by atoms with Gasteiger partial charge in [-0.3, -0.25) is 4.79 Å². The number of fused-ring (bicyclic) bond motifs is 1. The van der Waals surface area contributed by atoms with E-state index in [2.05, 4.69) is 0 Å². The molecule has 0 amide bonds. The van der Waals surface area contributed by atoms with Crippen molar-refractivity contribution in [3.8, 4) is 0 Å². The summed E-state index contributed by atoms with van der Waals surface area (Å²) in [7, 11) is 0. The maximum absolute atomic E-state index is 12.4. The van der Waals surface area contributed by atoms with E-state index in [0.29, 0.717) is 29.2 Å². The summed E-state index contributed by atoms with van der Waals surface area (Å²) in [5.74, 6) is -1.70. The van der Waals surface area contributed by atoms with Gasteiger partial charge in [-0.25, -0.2) is 0 Å². The predicted octanol–water partition coefficient (Wildman–Crippen LogP) is -1.67. The number of thiophene rings is 1. The monoisotopic (exact) mass is 297 g/mol. The fourth-order valence-electron chi connectivity index (χ4n) is 2.56. The van der Waals surface area contributed by atoms with Gasteiger partial charge in [-0.05, 0) is 42.5 Å². The third kappa shape index (κ3) is 2.51. The Kier molecular flexibility index (Phi) is 4.54. The number of aryl methyl sites for hydroxylation is 1. The molecule has 4 nitrogen and oxygen atoms in total. The normalized spacial score (nSPS) is 16.6. The maximum atomic E-state index is 12.4. The number of carbonyl (C=O) groups excluding carboxylic acids is 2. The number of aromatic nitrogens is 1. The molecular weight excluding hydrogens is 285 g/mol. The van der Waals surface area contributed by atoms with Crippen molar-refractivity contribution in [1.82, 2.24) is 4.57 Å². The van der Waals surface area contributed by atoms with Crippen molar-refractivity contribution in [3.63, 3.8) is 0 Å². The van der Waals surface area contributed by atoms with Crippen LogP contribution in [-0.4, -0.2) is 16.3 Å². The van der Waals surface area contributed by atoms with Crippen LogP contribution in [0.5, 0.6) is 0 Å². The molecule has 0 fully saturated rings. The van der Waals surface area contributed by atoms with Crippen LogP contribution in [-0.2, 0) is 11.3 Å². The molecule has 2 aromatic rings. The first-order valence-corrected chi connectivity index (χ1v) is 6.96. The Balaban J connectivity index is 0.00000147. The van der Waals surface area contributed by atoms with Crippen LogP contribution in [0.25, 0.3) is 0 Å². The number of hydrogen-bond donors (Lipinski definition) is 0. The second-order valence-electron chi connectivity index (χ2n) is 4.77. The third-order valence-electron chi connectivity index (χ3n) is 3.48. The first-order chi connectivity index (χ1) is 9.08. The number of ketones is 1. The van der Waals surface area contributed by atoms with Crippen molar-refractivity contribution in [3.05, 3.63) is 45.4 Å². The quantitative estimate of drug-likeness (QED) is 0.503. The minimum atomic E-state index is -1.07. The maximum Gasteiger partial charge on any atom is 1.00 e. The Labute approximate surface area is 142 Å². The zero-order valence-electron chi connectivity index (χ0n) is 11.4. The van der Waals surface area contributed by atoms with E-state index in [1.807, 2.05) is 18.4 Å². The molecule has 0 N–H and O–H groups in total. The zero-order valence-corrected chi connectivity index (χ0v) is 14.2. The number of carbonyl (C=O) groups is 2. The number of hydrogen-bond acceptors (Lipinski definition) is 4. The van der Waals surface area contributed by atoms with E-state index >= 15 is 0 Å². The summed E-state index contributed by atoms with van der Waals surface area (Å²) in [6, 6.07) is 5.29. The van der Waals surface area contributed by atoms with E-state index in [1.54, 1.807) is 16.7 Å². The van der Waals surface area contributed by atoms with E-state index in [4.69, 9.17) is 0 Å². The Hall–Kier alpha value is -0.880. The van der Waals surface area contributed by atoms with Crippen LogP contribution in [0.3, 0.4) is 0 Å². The fourth-order valence-corrected chi connectivity index (χ4v) is 3.40. The van der Waals surface area contributed by atoms with Crippen molar-refractivity contribution in [1.29, 1.82) is 0 Å². The largest absolute Gasteiger partial charge is 1.00 e. The molecule has 1 aliphatic heterocycles. The number of carboxylic acid groups (broad SMARTS) is 1. The van der Waals surface area contributed by atoms with Crippen LogP contribution in [0.15, 0.2) is 23.6 Å². The van der Waals surface area contributed by atoms with Gasteiger partial charge in [0, 0.05) is 18.2 Å². The number of rotatable bonds is 3. The summed E-state index contributed by atoms with van der Waals surface area (Å²) in [5.41, 5.74) is 2.31. The minimum Gasteiger partial charge on any atom is -0.549 e. The predicted molar refractivity (Wildman–Crippen MR) is 69.3 cm³/mol. The third-order valence-corrected chi connectivity index (χ3v) is 4.53. The zero-order chi connectivity index (χ0) is 13.6. The molecule has 0 saturated carbocycles. The Morgan fingerprint density at radius 2 is 2.15 bits per heavy atom. The molecule has 2 aromatic heterocycles. The van der Waals surface area contributed by atoms with Gasteiger partial charge >= 0.3 is 29.6 Å². The van der Waals surface area contributed by atoms with Gasteiger partial charge in [0.25, 0.3) is 0 Å². The van der Waals surface area contributed by atoms with Gasteiger partial charge in [-0.1, -0.05) is 0 Å². The van der Waals surface area contributed by atoms with Crippen LogP contribution in [0, 0.1) is 6.92 Å². The molecule has 98 valence electrons. The van der Waals surface area contributed by atoms with Crippen molar-refractivity contribution in [2.45, 2.75) is 25.8 Å². The minimum absolute atomic E-state index is 0. The van der Waals surface area contributed by atoms with Crippen LogP contribution >= 0.6 is 11.3 Å². The van der Waals surface area contributed by atoms with E-state index in [0.717, 1.165) is 5.56 Å². The average molecular weight is 297 g/mol. The summed E-state index contributed by atoms with van der Waals surface area (Å²) in [6.45, 7) is 2.51. The van der Waals surface area contributed by atoms with E-state index in [-0.39, 0.29) is 35.3 Å². The van der Waals surface area contributed by atoms with Crippen molar-refractivity contribution >= 4 is 23.1 Å². The van der Waals surface area contributed by atoms with Crippen molar-refractivity contribution < 1.29 is 44.3 Å². The standard InChI is InChI=1S/C14H13NO3S.Na/c1-8-6-12(19-7-8)13(16)11-3-2-10-9(14(17)18)4-5-15(10)11;/h2-3,6-7,9H,4-5H2,1H3,(H,17,18);/q;+1/p-1. The molecule has 3 heterocycles. The second-order valence-corrected chi connectivity index (χ2v) is 5.68. The molecule has 0 aliphatic carbocycles. The van der Waals surface area contributed by atoms with Crippen LogP contribution < -0.4 is 34.7 Å². The number of aliphatic carboxylic acids is 1. The summed E-state index contributed by atoms with van der Waals surface area (Å²) in [6.07, 6.45) is 0.502. The molecular formula is C14H12NNaO3S. The van der Waals surface area contributed by atoms with Crippen LogP contribution in [0.2, 0.25) is 0 Å². The van der Waals surface area contributed by atoms with E-state index in [1.165, 1.54) is 11.3 Å². The summed E-state index contributed by atoms with van der Waals surface area (Å²) < 4.78 is 1.80. The topological polar surface area (TPSA) is 62.1 Å². The molecule has 3 rings (SSSR count). The van der Waals surface area contributed by atoms with Gasteiger partial charge in [-0.2, -0.15) is 0 Å². The van der Waals surface area contributed by atoms with Gasteiger partial charge in [0.15, 0.2) is 0 Å². The van der Waals surface area contributed by atoms with Gasteiger partial charge in [0.05, 0.1) is 16.5 Å². The average Bonchev–Trinajstić information content (AvgIpc) is 3.01. The van der Waals surface area contributed by atoms with Gasteiger partial charge in [-0.15, -0.1) is 11.3 Å². The molecule has 0 bridgehead atoms. The summed E-state index contributed by atoms with van der Waals surface area (Å²) in [4.78, 5) is 24.1. The molecule has 0 radical (unpaired) electrons. The van der Waals surface area contributed by atoms with Crippen LogP contribution in [0.4, 0.5) is 0 Å². The molecule has 0 saturated heterocycles. The molecule has 1 aliphatic rings. The van der Waals surface area contributed by atoms with E-state index in [9.17, 15) is 14.7 Å². The molecule has 0 aromatic carbocycles. The summed E-state index contributed by atoms with van der Waals surface area (Å²) in [5, 5.41) is 12.9. The smallest absolute Gasteiger partial charge is 0.549 e. The summed E-state index contributed by atoms with van der Waals surface area (Å²) >= 11 is 1.42. The molecule has 1 unspecified atom stereocenters. The Bertz CT molecular complexity index is 674. The Morgan fingerprint density at radius 3 is 2.75 bits per heavy atom. The van der Waals surface area contributed by atoms with Gasteiger partial charge in [0.2, 0.25) is 5.78 Å². The Morgan fingerprint density at radius 1 is 1.40 bits per heavy atom. The van der Waals surface area contributed by atoms with Crippen molar-refractivity contribution in [2.75, 3.05) is 0 Å². The first kappa shape index (κ1) is 15.5. The van der Waals surface area contributed by atoms with Crippen molar-refractivity contribution in [2.24, 2.45) is 0 Å². The first-order valence-electron chi connectivity index (χ1n) is 6.08. The fraction of sp³-hybridized carbons (Fsp3) is 0.286. The molecule has 0 spiro atoms.